The Morgan fingerprint density at radius 2 is 1.74 bits per heavy atom. The van der Waals surface area contributed by atoms with Crippen LogP contribution in [-0.4, -0.2) is 47.7 Å². The fourth-order valence-corrected chi connectivity index (χ4v) is 4.39. The summed E-state index contributed by atoms with van der Waals surface area (Å²) in [4.78, 5) is 34.0. The van der Waals surface area contributed by atoms with Gasteiger partial charge >= 0.3 is 12.1 Å². The van der Waals surface area contributed by atoms with Crippen LogP contribution in [0, 0.1) is 0 Å². The third-order valence-electron chi connectivity index (χ3n) is 6.73. The van der Waals surface area contributed by atoms with Crippen LogP contribution in [-0.2, 0) is 33.3 Å². The van der Waals surface area contributed by atoms with Gasteiger partial charge in [-0.1, -0.05) is 12.1 Å². The van der Waals surface area contributed by atoms with Crippen molar-refractivity contribution < 1.29 is 37.0 Å². The summed E-state index contributed by atoms with van der Waals surface area (Å²) in [6, 6.07) is 10.0. The maximum Gasteiger partial charge on any atom is 0.416 e. The summed E-state index contributed by atoms with van der Waals surface area (Å²) in [5.41, 5.74) is 0.843. The van der Waals surface area contributed by atoms with Gasteiger partial charge in [0.2, 0.25) is 5.91 Å². The van der Waals surface area contributed by atoms with E-state index in [0.717, 1.165) is 36.2 Å². The second-order valence-corrected chi connectivity index (χ2v) is 10.6. The molecule has 42 heavy (non-hydrogen) atoms. The molecule has 1 amide bonds. The van der Waals surface area contributed by atoms with Crippen molar-refractivity contribution >= 4 is 11.9 Å². The Balaban J connectivity index is 1.38. The van der Waals surface area contributed by atoms with Crippen LogP contribution in [0.25, 0.3) is 11.4 Å². The number of ether oxygens (including phenoxy) is 3. The zero-order valence-corrected chi connectivity index (χ0v) is 24.0. The normalized spacial score (nSPS) is 13.4. The second kappa shape index (κ2) is 12.8. The van der Waals surface area contributed by atoms with Gasteiger partial charge in [-0.25, -0.2) is 14.8 Å². The number of esters is 1. The number of amides is 1. The molecule has 1 aliphatic carbocycles. The first-order valence-corrected chi connectivity index (χ1v) is 13.7. The van der Waals surface area contributed by atoms with Crippen molar-refractivity contribution in [3.8, 4) is 22.9 Å². The molecule has 8 nitrogen and oxygen atoms in total. The van der Waals surface area contributed by atoms with Gasteiger partial charge in [0.15, 0.2) is 11.4 Å². The average molecular weight is 586 g/mol. The van der Waals surface area contributed by atoms with Crippen LogP contribution in [0.2, 0.25) is 0 Å². The molecule has 0 unspecified atom stereocenters. The van der Waals surface area contributed by atoms with Gasteiger partial charge in [-0.2, -0.15) is 13.2 Å². The van der Waals surface area contributed by atoms with E-state index in [-0.39, 0.29) is 24.9 Å². The number of hydrogen-bond donors (Lipinski definition) is 1. The van der Waals surface area contributed by atoms with E-state index in [2.05, 4.69) is 15.3 Å². The van der Waals surface area contributed by atoms with Gasteiger partial charge in [0.1, 0.15) is 11.5 Å². The van der Waals surface area contributed by atoms with Crippen LogP contribution in [0.15, 0.2) is 48.7 Å². The SMILES string of the molecule is CCOC(=O)C(C)(C)Oc1cc(CCNC(=O)Cc2cnc(-c3ccc(C(F)(F)F)cc3)nc2C2CC2)cc(OC)c1. The minimum atomic E-state index is -4.42. The number of methoxy groups -OCH3 is 1. The summed E-state index contributed by atoms with van der Waals surface area (Å²) in [7, 11) is 1.53. The molecule has 0 bridgehead atoms. The lowest BCUT2D eigenvalue weighted by Crippen LogP contribution is -2.39. The maximum atomic E-state index is 12.9. The molecule has 11 heteroatoms. The largest absolute Gasteiger partial charge is 0.497 e. The van der Waals surface area contributed by atoms with Gasteiger partial charge in [-0.15, -0.1) is 0 Å². The highest BCUT2D eigenvalue weighted by Crippen LogP contribution is 2.41. The predicted octanol–water partition coefficient (Wildman–Crippen LogP) is 5.67. The Labute approximate surface area is 242 Å². The van der Waals surface area contributed by atoms with Crippen molar-refractivity contribution in [2.24, 2.45) is 0 Å². The quantitative estimate of drug-likeness (QED) is 0.274. The first kappa shape index (κ1) is 30.8. The van der Waals surface area contributed by atoms with E-state index in [1.54, 1.807) is 39.1 Å². The lowest BCUT2D eigenvalue weighted by atomic mass is 10.1. The van der Waals surface area contributed by atoms with Crippen LogP contribution in [0.5, 0.6) is 11.5 Å². The van der Waals surface area contributed by atoms with Crippen molar-refractivity contribution in [2.75, 3.05) is 20.3 Å². The number of rotatable bonds is 12. The number of halogens is 3. The highest BCUT2D eigenvalue weighted by molar-refractivity contribution is 5.79. The zero-order valence-electron chi connectivity index (χ0n) is 24.0. The fraction of sp³-hybridized carbons (Fsp3) is 0.419. The predicted molar refractivity (Wildman–Crippen MR) is 149 cm³/mol. The van der Waals surface area contributed by atoms with Crippen molar-refractivity contribution in [3.63, 3.8) is 0 Å². The zero-order chi connectivity index (χ0) is 30.5. The summed E-state index contributed by atoms with van der Waals surface area (Å²) in [5, 5.41) is 2.92. The van der Waals surface area contributed by atoms with Gasteiger partial charge in [0.05, 0.1) is 31.4 Å². The third-order valence-corrected chi connectivity index (χ3v) is 6.73. The van der Waals surface area contributed by atoms with Gasteiger partial charge < -0.3 is 19.5 Å². The van der Waals surface area contributed by atoms with E-state index in [4.69, 9.17) is 14.2 Å². The van der Waals surface area contributed by atoms with Crippen molar-refractivity contribution in [2.45, 2.75) is 64.1 Å². The topological polar surface area (TPSA) is 99.6 Å². The van der Waals surface area contributed by atoms with Gasteiger partial charge in [-0.05, 0) is 69.9 Å². The highest BCUT2D eigenvalue weighted by Gasteiger charge is 2.33. The standard InChI is InChI=1S/C31H34F3N3O5/c1-5-41-29(39)30(2,3)42-25-15-19(14-24(17-25)40-4)12-13-35-26(38)16-22-18-36-28(37-27(22)20-6-7-20)21-8-10-23(11-9-21)31(32,33)34/h8-11,14-15,17-18,20H,5-7,12-13,16H2,1-4H3,(H,35,38). The van der Waals surface area contributed by atoms with E-state index in [9.17, 15) is 22.8 Å². The molecule has 1 aliphatic rings. The molecule has 1 fully saturated rings. The monoisotopic (exact) mass is 585 g/mol. The van der Waals surface area contributed by atoms with E-state index in [0.29, 0.717) is 41.4 Å². The Hall–Kier alpha value is -4.15. The summed E-state index contributed by atoms with van der Waals surface area (Å²) >= 11 is 0. The summed E-state index contributed by atoms with van der Waals surface area (Å²) in [5.74, 6) is 0.838. The van der Waals surface area contributed by atoms with Crippen LogP contribution in [0.4, 0.5) is 13.2 Å². The first-order chi connectivity index (χ1) is 19.9. The Kier molecular flexibility index (Phi) is 9.38. The average Bonchev–Trinajstić information content (AvgIpc) is 3.78. The molecule has 3 aromatic rings. The number of nitrogens with zero attached hydrogens (tertiary/aromatic N) is 2. The Bertz CT molecular complexity index is 1420. The van der Waals surface area contributed by atoms with Crippen LogP contribution in [0.3, 0.4) is 0 Å². The van der Waals surface area contributed by atoms with Crippen molar-refractivity contribution in [1.29, 1.82) is 0 Å². The molecular weight excluding hydrogens is 551 g/mol. The number of alkyl halides is 3. The fourth-order valence-electron chi connectivity index (χ4n) is 4.39. The molecule has 0 aliphatic heterocycles. The van der Waals surface area contributed by atoms with Crippen molar-refractivity contribution in [1.82, 2.24) is 15.3 Å². The number of aromatic nitrogens is 2. The lowest BCUT2D eigenvalue weighted by Gasteiger charge is -2.24. The first-order valence-electron chi connectivity index (χ1n) is 13.7. The molecule has 1 aromatic heterocycles. The number of hydrogen-bond acceptors (Lipinski definition) is 7. The maximum absolute atomic E-state index is 12.9. The molecule has 0 spiro atoms. The molecular formula is C31H34F3N3O5. The molecule has 0 radical (unpaired) electrons. The summed E-state index contributed by atoms with van der Waals surface area (Å²) in [6.45, 7) is 5.56. The molecule has 4 rings (SSSR count). The van der Waals surface area contributed by atoms with Gasteiger partial charge in [0, 0.05) is 35.9 Å². The Morgan fingerprint density at radius 3 is 2.36 bits per heavy atom. The lowest BCUT2D eigenvalue weighted by molar-refractivity contribution is -0.158. The van der Waals surface area contributed by atoms with E-state index in [1.807, 2.05) is 6.07 Å². The van der Waals surface area contributed by atoms with E-state index >= 15 is 0 Å². The van der Waals surface area contributed by atoms with Gasteiger partial charge in [0.25, 0.3) is 0 Å². The molecule has 224 valence electrons. The van der Waals surface area contributed by atoms with Gasteiger partial charge in [-0.3, -0.25) is 4.79 Å². The Morgan fingerprint density at radius 1 is 1.05 bits per heavy atom. The summed E-state index contributed by atoms with van der Waals surface area (Å²) in [6.07, 6.45) is -0.391. The molecule has 0 saturated heterocycles. The number of nitrogens with one attached hydrogen (secondary N) is 1. The van der Waals surface area contributed by atoms with Crippen LogP contribution in [0.1, 0.15) is 61.9 Å². The minimum Gasteiger partial charge on any atom is -0.497 e. The van der Waals surface area contributed by atoms with E-state index < -0.39 is 23.3 Å². The van der Waals surface area contributed by atoms with E-state index in [1.165, 1.54) is 19.2 Å². The van der Waals surface area contributed by atoms with Crippen LogP contribution < -0.4 is 14.8 Å². The molecule has 0 atom stereocenters. The minimum absolute atomic E-state index is 0.0827. The van der Waals surface area contributed by atoms with Crippen LogP contribution >= 0.6 is 0 Å². The highest BCUT2D eigenvalue weighted by atomic mass is 19.4. The summed E-state index contributed by atoms with van der Waals surface area (Å²) < 4.78 is 55.1. The third kappa shape index (κ3) is 7.98. The van der Waals surface area contributed by atoms with Crippen molar-refractivity contribution in [3.05, 3.63) is 71.0 Å². The number of carbonyl (C=O) groups excluding carboxylic acids is 2. The molecule has 1 N–H and O–H groups in total. The second-order valence-electron chi connectivity index (χ2n) is 10.6. The number of carbonyl (C=O) groups is 2. The molecule has 2 aromatic carbocycles. The number of benzene rings is 2. The smallest absolute Gasteiger partial charge is 0.416 e. The molecule has 1 saturated carbocycles. The molecule has 1 heterocycles.